The lowest BCUT2D eigenvalue weighted by atomic mass is 10.2. The van der Waals surface area contributed by atoms with Crippen LogP contribution in [0.3, 0.4) is 0 Å². The van der Waals surface area contributed by atoms with E-state index in [4.69, 9.17) is 0 Å². The molecular weight excluding hydrogens is 358 g/mol. The Kier molecular flexibility index (Phi) is 6.71. The summed E-state index contributed by atoms with van der Waals surface area (Å²) in [5, 5.41) is 2.90. The molecule has 19 heavy (non-hydrogen) atoms. The van der Waals surface area contributed by atoms with Crippen LogP contribution in [0.5, 0.6) is 0 Å². The Balaban J connectivity index is 2.60. The van der Waals surface area contributed by atoms with Crippen LogP contribution in [0.4, 0.5) is 4.39 Å². The standard InChI is InChI=1S/C14H20FIN2O/c1-4-18(5-2)10(3)9-17-14(19)12-7-6-11(15)8-13(12)16/h6-8,10H,4-5,9H2,1-3H3,(H,17,19)/t10-/m0/s1. The SMILES string of the molecule is CCN(CC)[C@@H](C)CNC(=O)c1ccc(F)cc1I. The predicted octanol–water partition coefficient (Wildman–Crippen LogP) is 2.89. The Morgan fingerprint density at radius 1 is 1.42 bits per heavy atom. The molecule has 1 aromatic carbocycles. The molecule has 0 saturated carbocycles. The quantitative estimate of drug-likeness (QED) is 0.773. The number of nitrogens with one attached hydrogen (secondary N) is 1. The molecule has 5 heteroatoms. The van der Waals surface area contributed by atoms with Gasteiger partial charge in [0.05, 0.1) is 5.56 Å². The van der Waals surface area contributed by atoms with Crippen LogP contribution >= 0.6 is 22.6 Å². The van der Waals surface area contributed by atoms with Gasteiger partial charge in [0.15, 0.2) is 0 Å². The van der Waals surface area contributed by atoms with Crippen LogP contribution in [-0.4, -0.2) is 36.5 Å². The molecule has 0 aliphatic carbocycles. The van der Waals surface area contributed by atoms with Crippen LogP contribution in [0.15, 0.2) is 18.2 Å². The van der Waals surface area contributed by atoms with E-state index in [1.807, 2.05) is 22.6 Å². The molecule has 1 amide bonds. The fourth-order valence-corrected chi connectivity index (χ4v) is 2.71. The van der Waals surface area contributed by atoms with Gasteiger partial charge in [-0.05, 0) is 60.8 Å². The van der Waals surface area contributed by atoms with Crippen LogP contribution in [0.1, 0.15) is 31.1 Å². The van der Waals surface area contributed by atoms with Crippen molar-refractivity contribution in [2.45, 2.75) is 26.8 Å². The minimum atomic E-state index is -0.322. The van der Waals surface area contributed by atoms with Gasteiger partial charge in [0.2, 0.25) is 0 Å². The first kappa shape index (κ1) is 16.4. The van der Waals surface area contributed by atoms with Gasteiger partial charge in [-0.15, -0.1) is 0 Å². The van der Waals surface area contributed by atoms with Gasteiger partial charge < -0.3 is 5.32 Å². The Hall–Kier alpha value is -0.690. The van der Waals surface area contributed by atoms with Crippen LogP contribution in [0.2, 0.25) is 0 Å². The first-order valence-corrected chi connectivity index (χ1v) is 7.54. The zero-order chi connectivity index (χ0) is 14.4. The minimum Gasteiger partial charge on any atom is -0.350 e. The van der Waals surface area contributed by atoms with Crippen molar-refractivity contribution in [3.8, 4) is 0 Å². The van der Waals surface area contributed by atoms with Crippen molar-refractivity contribution in [2.24, 2.45) is 0 Å². The van der Waals surface area contributed by atoms with E-state index in [9.17, 15) is 9.18 Å². The van der Waals surface area contributed by atoms with E-state index in [2.05, 4.69) is 31.0 Å². The lowest BCUT2D eigenvalue weighted by Crippen LogP contribution is -2.42. The Morgan fingerprint density at radius 2 is 2.05 bits per heavy atom. The number of carbonyl (C=O) groups is 1. The van der Waals surface area contributed by atoms with Crippen molar-refractivity contribution in [1.29, 1.82) is 0 Å². The largest absolute Gasteiger partial charge is 0.350 e. The Labute approximate surface area is 127 Å². The van der Waals surface area contributed by atoms with E-state index in [0.29, 0.717) is 15.7 Å². The number of nitrogens with zero attached hydrogens (tertiary/aromatic N) is 1. The highest BCUT2D eigenvalue weighted by Gasteiger charge is 2.14. The summed E-state index contributed by atoms with van der Waals surface area (Å²) in [4.78, 5) is 14.3. The van der Waals surface area contributed by atoms with Crippen molar-refractivity contribution >= 4 is 28.5 Å². The molecule has 3 nitrogen and oxygen atoms in total. The molecule has 0 saturated heterocycles. The van der Waals surface area contributed by atoms with Gasteiger partial charge in [-0.3, -0.25) is 9.69 Å². The lowest BCUT2D eigenvalue weighted by Gasteiger charge is -2.26. The molecule has 0 aliphatic heterocycles. The van der Waals surface area contributed by atoms with Crippen molar-refractivity contribution < 1.29 is 9.18 Å². The van der Waals surface area contributed by atoms with Gasteiger partial charge in [0.1, 0.15) is 5.82 Å². The van der Waals surface area contributed by atoms with Crippen LogP contribution in [-0.2, 0) is 0 Å². The number of hydrogen-bond acceptors (Lipinski definition) is 2. The van der Waals surface area contributed by atoms with Crippen molar-refractivity contribution in [3.05, 3.63) is 33.1 Å². The third-order valence-electron chi connectivity index (χ3n) is 3.17. The maximum atomic E-state index is 13.0. The second kappa shape index (κ2) is 7.79. The molecule has 1 rings (SSSR count). The molecule has 0 fully saturated rings. The molecule has 0 unspecified atom stereocenters. The zero-order valence-corrected chi connectivity index (χ0v) is 13.7. The second-order valence-corrected chi connectivity index (χ2v) is 5.57. The summed E-state index contributed by atoms with van der Waals surface area (Å²) < 4.78 is 13.6. The number of halogens is 2. The number of hydrogen-bond donors (Lipinski definition) is 1. The average Bonchev–Trinajstić information content (AvgIpc) is 2.37. The molecule has 0 radical (unpaired) electrons. The Bertz CT molecular complexity index is 435. The average molecular weight is 378 g/mol. The van der Waals surface area contributed by atoms with Gasteiger partial charge in [0.25, 0.3) is 5.91 Å². The summed E-state index contributed by atoms with van der Waals surface area (Å²) in [5.41, 5.74) is 0.522. The third kappa shape index (κ3) is 4.72. The number of benzene rings is 1. The van der Waals surface area contributed by atoms with Gasteiger partial charge in [-0.2, -0.15) is 0 Å². The molecule has 0 aromatic heterocycles. The number of rotatable bonds is 6. The van der Waals surface area contributed by atoms with Crippen molar-refractivity contribution in [3.63, 3.8) is 0 Å². The van der Waals surface area contributed by atoms with E-state index in [-0.39, 0.29) is 17.8 Å². The van der Waals surface area contributed by atoms with Crippen molar-refractivity contribution in [2.75, 3.05) is 19.6 Å². The molecule has 0 bridgehead atoms. The molecule has 1 atom stereocenters. The lowest BCUT2D eigenvalue weighted by molar-refractivity contribution is 0.0937. The number of carbonyl (C=O) groups excluding carboxylic acids is 1. The van der Waals surface area contributed by atoms with Crippen LogP contribution < -0.4 is 5.32 Å². The number of likely N-dealkylation sites (N-methyl/N-ethyl adjacent to an activating group) is 1. The number of amides is 1. The van der Waals surface area contributed by atoms with Gasteiger partial charge in [-0.1, -0.05) is 13.8 Å². The molecular formula is C14H20FIN2O. The molecule has 1 N–H and O–H groups in total. The zero-order valence-electron chi connectivity index (χ0n) is 11.5. The van der Waals surface area contributed by atoms with Crippen molar-refractivity contribution in [1.82, 2.24) is 10.2 Å². The topological polar surface area (TPSA) is 32.3 Å². The van der Waals surface area contributed by atoms with Gasteiger partial charge in [0, 0.05) is 16.2 Å². The van der Waals surface area contributed by atoms with Gasteiger partial charge >= 0.3 is 0 Å². The van der Waals surface area contributed by atoms with Crippen LogP contribution in [0, 0.1) is 9.39 Å². The van der Waals surface area contributed by atoms with Crippen LogP contribution in [0.25, 0.3) is 0 Å². The minimum absolute atomic E-state index is 0.150. The summed E-state index contributed by atoms with van der Waals surface area (Å²) in [7, 11) is 0. The molecule has 0 heterocycles. The smallest absolute Gasteiger partial charge is 0.252 e. The summed E-state index contributed by atoms with van der Waals surface area (Å²) in [6.07, 6.45) is 0. The normalized spacial score (nSPS) is 12.5. The molecule has 0 spiro atoms. The fraction of sp³-hybridized carbons (Fsp3) is 0.500. The summed E-state index contributed by atoms with van der Waals surface area (Å²) >= 11 is 1.98. The summed E-state index contributed by atoms with van der Waals surface area (Å²) in [5.74, 6) is -0.471. The van der Waals surface area contributed by atoms with E-state index in [1.165, 1.54) is 18.2 Å². The molecule has 0 aliphatic rings. The van der Waals surface area contributed by atoms with E-state index in [0.717, 1.165) is 13.1 Å². The van der Waals surface area contributed by atoms with E-state index < -0.39 is 0 Å². The predicted molar refractivity (Wildman–Crippen MR) is 83.8 cm³/mol. The first-order valence-electron chi connectivity index (χ1n) is 6.46. The van der Waals surface area contributed by atoms with E-state index in [1.54, 1.807) is 0 Å². The highest BCUT2D eigenvalue weighted by atomic mass is 127. The molecule has 106 valence electrons. The highest BCUT2D eigenvalue weighted by Crippen LogP contribution is 2.13. The third-order valence-corrected chi connectivity index (χ3v) is 4.06. The van der Waals surface area contributed by atoms with E-state index >= 15 is 0 Å². The maximum absolute atomic E-state index is 13.0. The highest BCUT2D eigenvalue weighted by molar-refractivity contribution is 14.1. The summed E-state index contributed by atoms with van der Waals surface area (Å²) in [6, 6.07) is 4.49. The fourth-order valence-electron chi connectivity index (χ4n) is 1.99. The van der Waals surface area contributed by atoms with Gasteiger partial charge in [-0.25, -0.2) is 4.39 Å². The molecule has 1 aromatic rings. The Morgan fingerprint density at radius 3 is 2.58 bits per heavy atom. The summed E-state index contributed by atoms with van der Waals surface area (Å²) in [6.45, 7) is 8.80. The first-order chi connectivity index (χ1) is 8.99. The maximum Gasteiger partial charge on any atom is 0.252 e. The monoisotopic (exact) mass is 378 g/mol. The second-order valence-electron chi connectivity index (χ2n) is 4.40.